The van der Waals surface area contributed by atoms with E-state index in [1.54, 1.807) is 11.3 Å². The molecule has 3 N–H and O–H groups in total. The number of carbonyl (C=O) groups is 1. The number of aliphatic hydroxyl groups excluding tert-OH is 1. The van der Waals surface area contributed by atoms with Crippen LogP contribution in [0.2, 0.25) is 0 Å². The first kappa shape index (κ1) is 21.9. The Morgan fingerprint density at radius 3 is 3.00 bits per heavy atom. The molecule has 1 aromatic carbocycles. The number of nitrogens with one attached hydrogen (secondary N) is 2. The largest absolute Gasteiger partial charge is 0.389 e. The Morgan fingerprint density at radius 2 is 2.15 bits per heavy atom. The zero-order valence-electron chi connectivity index (χ0n) is 18.2. The number of carbonyl (C=O) groups excluding carboxylic acids is 1. The lowest BCUT2D eigenvalue weighted by atomic mass is 10.1. The van der Waals surface area contributed by atoms with Crippen LogP contribution in [-0.2, 0) is 16.1 Å². The van der Waals surface area contributed by atoms with E-state index in [-0.39, 0.29) is 12.4 Å². The predicted molar refractivity (Wildman–Crippen MR) is 129 cm³/mol. The summed E-state index contributed by atoms with van der Waals surface area (Å²) in [5.41, 5.74) is 2.84. The summed E-state index contributed by atoms with van der Waals surface area (Å²) in [4.78, 5) is 24.7. The van der Waals surface area contributed by atoms with Crippen LogP contribution in [0.5, 0.6) is 0 Å². The van der Waals surface area contributed by atoms with Crippen molar-refractivity contribution in [3.05, 3.63) is 35.3 Å². The second-order valence-electron chi connectivity index (χ2n) is 8.01. The standard InChI is InChI=1S/C23H26N6O3S/c30-14-15(31)3-2-6-24-12-16-11-20-21(33-16)23(29-7-9-32-10-8-29)27-22(26-20)17-4-1-5-19-18(17)13-25-28-19/h1,4-5,11,13,24,30H,2-3,6-10,12,14H2,(H,25,28). The smallest absolute Gasteiger partial charge is 0.162 e. The van der Waals surface area contributed by atoms with Crippen LogP contribution >= 0.6 is 11.3 Å². The summed E-state index contributed by atoms with van der Waals surface area (Å²) >= 11 is 1.70. The first-order valence-electron chi connectivity index (χ1n) is 11.1. The maximum absolute atomic E-state index is 11.3. The topological polar surface area (TPSA) is 116 Å². The van der Waals surface area contributed by atoms with Gasteiger partial charge in [0.05, 0.1) is 35.1 Å². The molecule has 33 heavy (non-hydrogen) atoms. The van der Waals surface area contributed by atoms with Gasteiger partial charge in [-0.25, -0.2) is 9.97 Å². The van der Waals surface area contributed by atoms with Crippen LogP contribution in [-0.4, -0.2) is 70.5 Å². The Bertz CT molecular complexity index is 1260. The predicted octanol–water partition coefficient (Wildman–Crippen LogP) is 2.50. The first-order chi connectivity index (χ1) is 16.2. The molecule has 1 fully saturated rings. The van der Waals surface area contributed by atoms with Crippen molar-refractivity contribution in [2.24, 2.45) is 0 Å². The third kappa shape index (κ3) is 4.74. The highest BCUT2D eigenvalue weighted by atomic mass is 32.1. The van der Waals surface area contributed by atoms with E-state index in [9.17, 15) is 4.79 Å². The van der Waals surface area contributed by atoms with Crippen molar-refractivity contribution in [3.63, 3.8) is 0 Å². The molecule has 1 aliphatic rings. The van der Waals surface area contributed by atoms with E-state index in [4.69, 9.17) is 19.8 Å². The number of hydrogen-bond acceptors (Lipinski definition) is 9. The van der Waals surface area contributed by atoms with E-state index in [0.29, 0.717) is 38.4 Å². The number of Topliss-reactive ketones (excluding diaryl/α,β-unsaturated/α-hetero) is 1. The molecule has 0 bridgehead atoms. The highest BCUT2D eigenvalue weighted by molar-refractivity contribution is 7.19. The van der Waals surface area contributed by atoms with Gasteiger partial charge in [0.2, 0.25) is 0 Å². The van der Waals surface area contributed by atoms with Gasteiger partial charge in [-0.1, -0.05) is 12.1 Å². The first-order valence-corrected chi connectivity index (χ1v) is 11.9. The van der Waals surface area contributed by atoms with Gasteiger partial charge in [-0.2, -0.15) is 5.10 Å². The van der Waals surface area contributed by atoms with Crippen molar-refractivity contribution in [3.8, 4) is 11.4 Å². The molecular formula is C23H26N6O3S. The number of thiophene rings is 1. The fraction of sp³-hybridized carbons (Fsp3) is 0.391. The van der Waals surface area contributed by atoms with Gasteiger partial charge in [0.25, 0.3) is 0 Å². The summed E-state index contributed by atoms with van der Waals surface area (Å²) in [6.45, 7) is 4.00. The number of nitrogens with zero attached hydrogens (tertiary/aromatic N) is 4. The number of aromatic nitrogens is 4. The van der Waals surface area contributed by atoms with E-state index in [2.05, 4.69) is 26.5 Å². The van der Waals surface area contributed by atoms with E-state index in [1.165, 1.54) is 4.88 Å². The number of morpholine rings is 1. The van der Waals surface area contributed by atoms with Gasteiger partial charge in [-0.05, 0) is 25.1 Å². The van der Waals surface area contributed by atoms with Crippen LogP contribution in [0.15, 0.2) is 30.5 Å². The summed E-state index contributed by atoms with van der Waals surface area (Å²) in [5.74, 6) is 1.52. The zero-order valence-corrected chi connectivity index (χ0v) is 19.0. The second kappa shape index (κ2) is 9.92. The molecular weight excluding hydrogens is 440 g/mol. The van der Waals surface area contributed by atoms with Crippen molar-refractivity contribution in [2.45, 2.75) is 19.4 Å². The van der Waals surface area contributed by atoms with E-state index in [0.717, 1.165) is 52.1 Å². The molecule has 172 valence electrons. The molecule has 10 heteroatoms. The number of rotatable bonds is 9. The number of ketones is 1. The minimum atomic E-state index is -0.381. The number of aromatic amines is 1. The highest BCUT2D eigenvalue weighted by Crippen LogP contribution is 2.35. The number of benzene rings is 1. The number of hydrogen-bond donors (Lipinski definition) is 3. The fourth-order valence-electron chi connectivity index (χ4n) is 4.03. The van der Waals surface area contributed by atoms with Crippen LogP contribution in [0.3, 0.4) is 0 Å². The molecule has 5 rings (SSSR count). The molecule has 9 nitrogen and oxygen atoms in total. The van der Waals surface area contributed by atoms with Crippen molar-refractivity contribution >= 4 is 44.1 Å². The van der Waals surface area contributed by atoms with E-state index >= 15 is 0 Å². The minimum absolute atomic E-state index is 0.121. The van der Waals surface area contributed by atoms with Gasteiger partial charge in [0.15, 0.2) is 17.4 Å². The van der Waals surface area contributed by atoms with Crippen molar-refractivity contribution in [2.75, 3.05) is 44.4 Å². The Hall–Kier alpha value is -2.92. The average molecular weight is 467 g/mol. The van der Waals surface area contributed by atoms with Crippen molar-refractivity contribution in [1.29, 1.82) is 0 Å². The Labute approximate surface area is 194 Å². The van der Waals surface area contributed by atoms with Gasteiger partial charge in [0.1, 0.15) is 6.61 Å². The number of ether oxygens (including phenoxy) is 1. The minimum Gasteiger partial charge on any atom is -0.389 e. The quantitative estimate of drug-likeness (QED) is 0.322. The molecule has 0 spiro atoms. The maximum Gasteiger partial charge on any atom is 0.162 e. The normalized spacial score (nSPS) is 14.4. The monoisotopic (exact) mass is 466 g/mol. The SMILES string of the molecule is O=C(CO)CCCNCc1cc2nc(-c3cccc4[nH]ncc34)nc(N3CCOCC3)c2s1. The van der Waals surface area contributed by atoms with Crippen LogP contribution in [0.1, 0.15) is 17.7 Å². The Balaban J connectivity index is 1.45. The third-order valence-corrected chi connectivity index (χ3v) is 6.85. The van der Waals surface area contributed by atoms with Crippen molar-refractivity contribution < 1.29 is 14.6 Å². The van der Waals surface area contributed by atoms with Gasteiger partial charge in [-0.3, -0.25) is 9.89 Å². The number of anilines is 1. The van der Waals surface area contributed by atoms with Crippen LogP contribution < -0.4 is 10.2 Å². The van der Waals surface area contributed by atoms with E-state index < -0.39 is 0 Å². The maximum atomic E-state index is 11.3. The summed E-state index contributed by atoms with van der Waals surface area (Å²) in [6.07, 6.45) is 2.92. The summed E-state index contributed by atoms with van der Waals surface area (Å²) in [5, 5.41) is 20.4. The number of aliphatic hydroxyl groups is 1. The van der Waals surface area contributed by atoms with Gasteiger partial charge in [-0.15, -0.1) is 11.3 Å². The average Bonchev–Trinajstić information content (AvgIpc) is 3.50. The molecule has 0 aliphatic carbocycles. The van der Waals surface area contributed by atoms with Crippen molar-refractivity contribution in [1.82, 2.24) is 25.5 Å². The molecule has 4 aromatic rings. The summed E-state index contributed by atoms with van der Waals surface area (Å²) in [7, 11) is 0. The lowest BCUT2D eigenvalue weighted by Gasteiger charge is -2.28. The molecule has 0 radical (unpaired) electrons. The summed E-state index contributed by atoms with van der Waals surface area (Å²) < 4.78 is 6.63. The molecule has 1 aliphatic heterocycles. The lowest BCUT2D eigenvalue weighted by Crippen LogP contribution is -2.36. The Kier molecular flexibility index (Phi) is 6.58. The van der Waals surface area contributed by atoms with Crippen LogP contribution in [0.4, 0.5) is 5.82 Å². The molecule has 3 aromatic heterocycles. The second-order valence-corrected chi connectivity index (χ2v) is 9.15. The third-order valence-electron chi connectivity index (χ3n) is 5.73. The molecule has 0 atom stereocenters. The Morgan fingerprint density at radius 1 is 1.27 bits per heavy atom. The lowest BCUT2D eigenvalue weighted by molar-refractivity contribution is -0.121. The van der Waals surface area contributed by atoms with E-state index in [1.807, 2.05) is 24.4 Å². The summed E-state index contributed by atoms with van der Waals surface area (Å²) in [6, 6.07) is 8.14. The van der Waals surface area contributed by atoms with Crippen LogP contribution in [0, 0.1) is 0 Å². The molecule has 1 saturated heterocycles. The van der Waals surface area contributed by atoms with Crippen LogP contribution in [0.25, 0.3) is 32.5 Å². The van der Waals surface area contributed by atoms with Gasteiger partial charge < -0.3 is 20.1 Å². The van der Waals surface area contributed by atoms with Gasteiger partial charge in [0, 0.05) is 41.9 Å². The molecule has 0 saturated carbocycles. The van der Waals surface area contributed by atoms with Gasteiger partial charge >= 0.3 is 0 Å². The molecule has 0 unspecified atom stereocenters. The fourth-order valence-corrected chi connectivity index (χ4v) is 5.11. The number of fused-ring (bicyclic) bond motifs is 2. The number of H-pyrrole nitrogens is 1. The molecule has 4 heterocycles. The highest BCUT2D eigenvalue weighted by Gasteiger charge is 2.21. The molecule has 0 amide bonds. The zero-order chi connectivity index (χ0) is 22.6.